The zero-order valence-electron chi connectivity index (χ0n) is 8.92. The Hall–Kier alpha value is -0.720. The van der Waals surface area contributed by atoms with Gasteiger partial charge in [0.05, 0.1) is 0 Å². The maximum absolute atomic E-state index is 4.00. The quantitative estimate of drug-likeness (QED) is 0.602. The molecule has 1 aliphatic rings. The third-order valence-electron chi connectivity index (χ3n) is 3.04. The van der Waals surface area contributed by atoms with E-state index < -0.39 is 0 Å². The summed E-state index contributed by atoms with van der Waals surface area (Å²) >= 11 is 0. The molecule has 1 rings (SSSR count). The van der Waals surface area contributed by atoms with Gasteiger partial charge < -0.3 is 4.90 Å². The predicted molar refractivity (Wildman–Crippen MR) is 58.5 cm³/mol. The Bertz CT molecular complexity index is 193. The number of piperidine rings is 1. The molecule has 1 atom stereocenters. The van der Waals surface area contributed by atoms with Crippen molar-refractivity contribution in [1.82, 2.24) is 4.90 Å². The van der Waals surface area contributed by atoms with E-state index in [9.17, 15) is 0 Å². The van der Waals surface area contributed by atoms with Crippen molar-refractivity contribution in [1.29, 1.82) is 0 Å². The molecule has 0 saturated carbocycles. The Morgan fingerprint density at radius 3 is 2.77 bits per heavy atom. The summed E-state index contributed by atoms with van der Waals surface area (Å²) in [6.45, 7) is 14.7. The molecule has 0 aromatic carbocycles. The number of hydrogen-bond acceptors (Lipinski definition) is 1. The van der Waals surface area contributed by atoms with Gasteiger partial charge in [-0.05, 0) is 30.8 Å². The zero-order chi connectivity index (χ0) is 9.84. The molecule has 1 nitrogen and oxygen atoms in total. The average Bonchev–Trinajstić information content (AvgIpc) is 2.17. The van der Waals surface area contributed by atoms with Crippen molar-refractivity contribution < 1.29 is 0 Å². The number of likely N-dealkylation sites (tertiary alicyclic amines) is 1. The molecule has 0 amide bonds. The Labute approximate surface area is 82.1 Å². The molecule has 1 saturated heterocycles. The molecule has 0 radical (unpaired) electrons. The first-order valence-corrected chi connectivity index (χ1v) is 5.21. The highest BCUT2D eigenvalue weighted by molar-refractivity contribution is 5.10. The van der Waals surface area contributed by atoms with Gasteiger partial charge >= 0.3 is 0 Å². The maximum Gasteiger partial charge on any atom is 0.0287 e. The molecule has 0 bridgehead atoms. The molecule has 13 heavy (non-hydrogen) atoms. The Kier molecular flexibility index (Phi) is 3.58. The number of nitrogens with zero attached hydrogens (tertiary/aromatic N) is 1. The lowest BCUT2D eigenvalue weighted by atomic mass is 9.88. The highest BCUT2D eigenvalue weighted by Crippen LogP contribution is 2.25. The van der Waals surface area contributed by atoms with Gasteiger partial charge in [0.15, 0.2) is 0 Å². The minimum atomic E-state index is 0.792. The minimum absolute atomic E-state index is 0.792. The monoisotopic (exact) mass is 179 g/mol. The fourth-order valence-electron chi connectivity index (χ4n) is 1.94. The van der Waals surface area contributed by atoms with Gasteiger partial charge in [-0.15, -0.1) is 0 Å². The van der Waals surface area contributed by atoms with Crippen molar-refractivity contribution in [3.63, 3.8) is 0 Å². The van der Waals surface area contributed by atoms with Crippen LogP contribution < -0.4 is 0 Å². The second-order valence-electron chi connectivity index (χ2n) is 4.29. The summed E-state index contributed by atoms with van der Waals surface area (Å²) < 4.78 is 0. The second-order valence-corrected chi connectivity index (χ2v) is 4.29. The van der Waals surface area contributed by atoms with Gasteiger partial charge in [-0.1, -0.05) is 27.0 Å². The summed E-state index contributed by atoms with van der Waals surface area (Å²) in [5.74, 6) is 1.63. The highest BCUT2D eigenvalue weighted by Gasteiger charge is 2.21. The highest BCUT2D eigenvalue weighted by atomic mass is 15.1. The van der Waals surface area contributed by atoms with Crippen LogP contribution >= 0.6 is 0 Å². The topological polar surface area (TPSA) is 3.24 Å². The van der Waals surface area contributed by atoms with Crippen LogP contribution in [0.5, 0.6) is 0 Å². The molecule has 1 aliphatic heterocycles. The Morgan fingerprint density at radius 2 is 2.23 bits per heavy atom. The van der Waals surface area contributed by atoms with Gasteiger partial charge in [-0.25, -0.2) is 0 Å². The number of allylic oxidation sites excluding steroid dienone is 1. The van der Waals surface area contributed by atoms with E-state index >= 15 is 0 Å². The normalized spacial score (nSPS) is 23.3. The summed E-state index contributed by atoms with van der Waals surface area (Å²) in [6, 6.07) is 0. The van der Waals surface area contributed by atoms with Crippen molar-refractivity contribution >= 4 is 0 Å². The van der Waals surface area contributed by atoms with E-state index in [1.807, 2.05) is 6.08 Å². The Morgan fingerprint density at radius 1 is 1.54 bits per heavy atom. The van der Waals surface area contributed by atoms with Crippen molar-refractivity contribution in [2.24, 2.45) is 11.8 Å². The molecule has 0 aromatic heterocycles. The van der Waals surface area contributed by atoms with E-state index in [0.29, 0.717) is 0 Å². The van der Waals surface area contributed by atoms with Crippen molar-refractivity contribution in [3.05, 3.63) is 24.9 Å². The van der Waals surface area contributed by atoms with Crippen LogP contribution in [0.1, 0.15) is 26.7 Å². The molecule has 0 N–H and O–H groups in total. The molecule has 1 unspecified atom stereocenters. The van der Waals surface area contributed by atoms with Crippen LogP contribution in [0.4, 0.5) is 0 Å². The number of rotatable bonds is 3. The SMILES string of the molecule is C=CC(=C)N1CCCC(C(C)C)C1. The van der Waals surface area contributed by atoms with Crippen LogP contribution in [0.2, 0.25) is 0 Å². The molecule has 1 fully saturated rings. The van der Waals surface area contributed by atoms with Gasteiger partial charge in [-0.2, -0.15) is 0 Å². The van der Waals surface area contributed by atoms with Crippen molar-refractivity contribution in [2.75, 3.05) is 13.1 Å². The molecule has 0 aromatic rings. The maximum atomic E-state index is 4.00. The van der Waals surface area contributed by atoms with Crippen molar-refractivity contribution in [3.8, 4) is 0 Å². The third-order valence-corrected chi connectivity index (χ3v) is 3.04. The molecular formula is C12H21N. The lowest BCUT2D eigenvalue weighted by Gasteiger charge is -2.36. The molecule has 0 aliphatic carbocycles. The van der Waals surface area contributed by atoms with E-state index in [-0.39, 0.29) is 0 Å². The summed E-state index contributed by atoms with van der Waals surface area (Å²) in [5, 5.41) is 0. The van der Waals surface area contributed by atoms with E-state index in [4.69, 9.17) is 0 Å². The van der Waals surface area contributed by atoms with Crippen LogP contribution in [-0.2, 0) is 0 Å². The number of hydrogen-bond donors (Lipinski definition) is 0. The first kappa shape index (κ1) is 10.4. The van der Waals surface area contributed by atoms with E-state index in [2.05, 4.69) is 31.9 Å². The average molecular weight is 179 g/mol. The Balaban J connectivity index is 2.51. The largest absolute Gasteiger partial charge is 0.372 e. The van der Waals surface area contributed by atoms with Crippen LogP contribution in [0.3, 0.4) is 0 Å². The third kappa shape index (κ3) is 2.61. The summed E-state index contributed by atoms with van der Waals surface area (Å²) in [6.07, 6.45) is 4.54. The predicted octanol–water partition coefficient (Wildman–Crippen LogP) is 3.05. The van der Waals surface area contributed by atoms with Gasteiger partial charge in [0.2, 0.25) is 0 Å². The first-order valence-electron chi connectivity index (χ1n) is 5.21. The minimum Gasteiger partial charge on any atom is -0.372 e. The van der Waals surface area contributed by atoms with Crippen LogP contribution in [-0.4, -0.2) is 18.0 Å². The fraction of sp³-hybridized carbons (Fsp3) is 0.667. The zero-order valence-corrected chi connectivity index (χ0v) is 8.92. The standard InChI is InChI=1S/C12H21N/c1-5-11(4)13-8-6-7-12(9-13)10(2)3/h5,10,12H,1,4,6-9H2,2-3H3. The van der Waals surface area contributed by atoms with Gasteiger partial charge in [-0.3, -0.25) is 0 Å². The van der Waals surface area contributed by atoms with Gasteiger partial charge in [0, 0.05) is 18.8 Å². The molecular weight excluding hydrogens is 158 g/mol. The second kappa shape index (κ2) is 4.50. The summed E-state index contributed by atoms with van der Waals surface area (Å²) in [7, 11) is 0. The summed E-state index contributed by atoms with van der Waals surface area (Å²) in [5.41, 5.74) is 1.09. The van der Waals surface area contributed by atoms with Gasteiger partial charge in [0.25, 0.3) is 0 Å². The van der Waals surface area contributed by atoms with E-state index in [1.54, 1.807) is 0 Å². The van der Waals surface area contributed by atoms with E-state index in [1.165, 1.54) is 19.4 Å². The lowest BCUT2D eigenvalue weighted by Crippen LogP contribution is -2.36. The molecule has 0 spiro atoms. The van der Waals surface area contributed by atoms with Gasteiger partial charge in [0.1, 0.15) is 0 Å². The molecule has 74 valence electrons. The smallest absolute Gasteiger partial charge is 0.0287 e. The van der Waals surface area contributed by atoms with Crippen LogP contribution in [0.25, 0.3) is 0 Å². The summed E-state index contributed by atoms with van der Waals surface area (Å²) in [4.78, 5) is 2.36. The van der Waals surface area contributed by atoms with Crippen LogP contribution in [0, 0.1) is 11.8 Å². The van der Waals surface area contributed by atoms with Crippen LogP contribution in [0.15, 0.2) is 24.9 Å². The fourth-order valence-corrected chi connectivity index (χ4v) is 1.94. The first-order chi connectivity index (χ1) is 6.15. The lowest BCUT2D eigenvalue weighted by molar-refractivity contribution is 0.184. The van der Waals surface area contributed by atoms with E-state index in [0.717, 1.165) is 24.1 Å². The van der Waals surface area contributed by atoms with Crippen molar-refractivity contribution in [2.45, 2.75) is 26.7 Å². The molecule has 1 heteroatoms. The molecule has 1 heterocycles.